The number of aldehydes is 1. The first-order valence-electron chi connectivity index (χ1n) is 3.52. The van der Waals surface area contributed by atoms with E-state index in [9.17, 15) is 14.0 Å². The molecule has 2 nitrogen and oxygen atoms in total. The number of Topliss-reactive ketones (excluding diaryl/α,β-unsaturated/α-hetero) is 1. The number of benzene rings is 1. The second-order valence-electron chi connectivity index (χ2n) is 2.50. The molecule has 0 saturated carbocycles. The Balaban J connectivity index is 3.50. The molecule has 0 radical (unpaired) electrons. The number of carbonyl (C=O) groups is 2. The third-order valence-corrected chi connectivity index (χ3v) is 2.66. The fraction of sp³-hybridized carbons (Fsp3) is 0.111. The van der Waals surface area contributed by atoms with Crippen molar-refractivity contribution in [1.82, 2.24) is 0 Å². The number of rotatable bonds is 2. The van der Waals surface area contributed by atoms with Crippen molar-refractivity contribution in [2.45, 2.75) is 6.92 Å². The Bertz CT molecular complexity index is 374. The Labute approximate surface area is 88.3 Å². The monoisotopic (exact) mass is 292 g/mol. The Morgan fingerprint density at radius 1 is 1.54 bits per heavy atom. The van der Waals surface area contributed by atoms with Crippen molar-refractivity contribution >= 4 is 34.7 Å². The van der Waals surface area contributed by atoms with Gasteiger partial charge in [-0.05, 0) is 41.6 Å². The molecule has 0 aromatic heterocycles. The lowest BCUT2D eigenvalue weighted by atomic mass is 10.1. The second-order valence-corrected chi connectivity index (χ2v) is 3.58. The first-order chi connectivity index (χ1) is 6.07. The number of ketones is 1. The number of halogens is 2. The quantitative estimate of drug-likeness (QED) is 0.476. The fourth-order valence-electron chi connectivity index (χ4n) is 1.02. The standard InChI is InChI=1S/C9H6FIO2/c1-5(13)8-6(4-12)2-3-7(10)9(8)11/h2-4H,1H3. The van der Waals surface area contributed by atoms with Gasteiger partial charge in [0.1, 0.15) is 5.82 Å². The molecule has 1 aromatic rings. The fourth-order valence-corrected chi connectivity index (χ4v) is 1.89. The average molecular weight is 292 g/mol. The van der Waals surface area contributed by atoms with Crippen molar-refractivity contribution in [3.8, 4) is 0 Å². The summed E-state index contributed by atoms with van der Waals surface area (Å²) in [6.45, 7) is 1.31. The molecule has 0 aliphatic carbocycles. The van der Waals surface area contributed by atoms with Crippen LogP contribution in [-0.4, -0.2) is 12.1 Å². The minimum atomic E-state index is -0.476. The summed E-state index contributed by atoms with van der Waals surface area (Å²) in [6, 6.07) is 2.49. The van der Waals surface area contributed by atoms with Gasteiger partial charge in [-0.3, -0.25) is 9.59 Å². The number of carbonyl (C=O) groups excluding carboxylic acids is 2. The van der Waals surface area contributed by atoms with E-state index >= 15 is 0 Å². The van der Waals surface area contributed by atoms with E-state index in [-0.39, 0.29) is 20.5 Å². The highest BCUT2D eigenvalue weighted by Crippen LogP contribution is 2.19. The van der Waals surface area contributed by atoms with Crippen molar-refractivity contribution in [2.75, 3.05) is 0 Å². The van der Waals surface area contributed by atoms with Crippen LogP contribution in [0.4, 0.5) is 4.39 Å². The van der Waals surface area contributed by atoms with E-state index in [0.29, 0.717) is 6.29 Å². The number of hydrogen-bond donors (Lipinski definition) is 0. The normalized spacial score (nSPS) is 9.77. The minimum Gasteiger partial charge on any atom is -0.298 e. The van der Waals surface area contributed by atoms with Crippen LogP contribution in [0.2, 0.25) is 0 Å². The molecular formula is C9H6FIO2. The molecule has 0 N–H and O–H groups in total. The van der Waals surface area contributed by atoms with Crippen LogP contribution in [0.25, 0.3) is 0 Å². The lowest BCUT2D eigenvalue weighted by molar-refractivity contribution is 0.100. The maximum absolute atomic E-state index is 13.0. The second kappa shape index (κ2) is 3.95. The summed E-state index contributed by atoms with van der Waals surface area (Å²) in [4.78, 5) is 21.6. The molecule has 0 saturated heterocycles. The van der Waals surface area contributed by atoms with E-state index in [1.54, 1.807) is 22.6 Å². The molecule has 0 bridgehead atoms. The van der Waals surface area contributed by atoms with Crippen LogP contribution in [-0.2, 0) is 0 Å². The van der Waals surface area contributed by atoms with Crippen LogP contribution in [0.15, 0.2) is 12.1 Å². The van der Waals surface area contributed by atoms with E-state index in [1.165, 1.54) is 19.1 Å². The summed E-state index contributed by atoms with van der Waals surface area (Å²) in [5.74, 6) is -0.776. The maximum atomic E-state index is 13.0. The predicted molar refractivity (Wildman–Crippen MR) is 54.5 cm³/mol. The summed E-state index contributed by atoms with van der Waals surface area (Å²) in [5, 5.41) is 0. The van der Waals surface area contributed by atoms with Crippen LogP contribution in [0.1, 0.15) is 27.6 Å². The lowest BCUT2D eigenvalue weighted by Gasteiger charge is -2.03. The topological polar surface area (TPSA) is 34.1 Å². The van der Waals surface area contributed by atoms with Gasteiger partial charge in [-0.2, -0.15) is 0 Å². The first-order valence-corrected chi connectivity index (χ1v) is 4.60. The highest BCUT2D eigenvalue weighted by Gasteiger charge is 2.14. The van der Waals surface area contributed by atoms with Crippen LogP contribution < -0.4 is 0 Å². The van der Waals surface area contributed by atoms with Crippen molar-refractivity contribution in [3.63, 3.8) is 0 Å². The average Bonchev–Trinajstić information content (AvgIpc) is 2.08. The zero-order chi connectivity index (χ0) is 10.0. The van der Waals surface area contributed by atoms with Gasteiger partial charge in [0, 0.05) is 11.1 Å². The molecule has 1 rings (SSSR count). The predicted octanol–water partition coefficient (Wildman–Crippen LogP) is 2.45. The minimum absolute atomic E-state index is 0.163. The van der Waals surface area contributed by atoms with Gasteiger partial charge in [0.25, 0.3) is 0 Å². The van der Waals surface area contributed by atoms with Gasteiger partial charge < -0.3 is 0 Å². The van der Waals surface area contributed by atoms with Crippen molar-refractivity contribution in [3.05, 3.63) is 32.6 Å². The SMILES string of the molecule is CC(=O)c1c(C=O)ccc(F)c1I. The smallest absolute Gasteiger partial charge is 0.161 e. The van der Waals surface area contributed by atoms with Gasteiger partial charge in [0.15, 0.2) is 12.1 Å². The van der Waals surface area contributed by atoms with Gasteiger partial charge in [-0.1, -0.05) is 0 Å². The zero-order valence-corrected chi connectivity index (χ0v) is 8.96. The number of hydrogen-bond acceptors (Lipinski definition) is 2. The van der Waals surface area contributed by atoms with Crippen molar-refractivity contribution < 1.29 is 14.0 Å². The molecule has 0 spiro atoms. The third-order valence-electron chi connectivity index (χ3n) is 1.61. The molecule has 0 atom stereocenters. The van der Waals surface area contributed by atoms with Crippen molar-refractivity contribution in [1.29, 1.82) is 0 Å². The molecule has 0 fully saturated rings. The van der Waals surface area contributed by atoms with Gasteiger partial charge >= 0.3 is 0 Å². The lowest BCUT2D eigenvalue weighted by Crippen LogP contribution is -2.04. The molecule has 0 aliphatic heterocycles. The zero-order valence-electron chi connectivity index (χ0n) is 6.80. The van der Waals surface area contributed by atoms with Crippen LogP contribution >= 0.6 is 22.6 Å². The molecule has 0 amide bonds. The highest BCUT2D eigenvalue weighted by atomic mass is 127. The van der Waals surface area contributed by atoms with E-state index < -0.39 is 5.82 Å². The molecule has 13 heavy (non-hydrogen) atoms. The van der Waals surface area contributed by atoms with E-state index in [1.807, 2.05) is 0 Å². The Morgan fingerprint density at radius 2 is 2.15 bits per heavy atom. The maximum Gasteiger partial charge on any atom is 0.161 e. The molecule has 0 heterocycles. The molecule has 1 aromatic carbocycles. The molecule has 0 unspecified atom stereocenters. The summed E-state index contributed by atoms with van der Waals surface area (Å²) in [6.07, 6.45) is 0.554. The van der Waals surface area contributed by atoms with Crippen LogP contribution in [0.5, 0.6) is 0 Å². The van der Waals surface area contributed by atoms with Crippen LogP contribution in [0.3, 0.4) is 0 Å². The van der Waals surface area contributed by atoms with Gasteiger partial charge in [-0.15, -0.1) is 0 Å². The Kier molecular flexibility index (Phi) is 3.13. The van der Waals surface area contributed by atoms with Gasteiger partial charge in [0.2, 0.25) is 0 Å². The Hall–Kier alpha value is -0.780. The van der Waals surface area contributed by atoms with Crippen LogP contribution in [0, 0.1) is 9.39 Å². The van der Waals surface area contributed by atoms with E-state index in [0.717, 1.165) is 0 Å². The molecule has 68 valence electrons. The van der Waals surface area contributed by atoms with E-state index in [2.05, 4.69) is 0 Å². The highest BCUT2D eigenvalue weighted by molar-refractivity contribution is 14.1. The van der Waals surface area contributed by atoms with Gasteiger partial charge in [0.05, 0.1) is 3.57 Å². The Morgan fingerprint density at radius 3 is 2.62 bits per heavy atom. The largest absolute Gasteiger partial charge is 0.298 e. The summed E-state index contributed by atoms with van der Waals surface area (Å²) in [5.41, 5.74) is 0.397. The molecule has 0 aliphatic rings. The molecular weight excluding hydrogens is 286 g/mol. The summed E-state index contributed by atoms with van der Waals surface area (Å²) < 4.78 is 13.2. The third kappa shape index (κ3) is 1.93. The summed E-state index contributed by atoms with van der Waals surface area (Å²) in [7, 11) is 0. The van der Waals surface area contributed by atoms with Gasteiger partial charge in [-0.25, -0.2) is 4.39 Å². The summed E-state index contributed by atoms with van der Waals surface area (Å²) >= 11 is 1.71. The van der Waals surface area contributed by atoms with Crippen molar-refractivity contribution in [2.24, 2.45) is 0 Å². The van der Waals surface area contributed by atoms with E-state index in [4.69, 9.17) is 0 Å². The first kappa shape index (κ1) is 10.3. The molecule has 4 heteroatoms.